The molecule has 0 aromatic heterocycles. The Labute approximate surface area is 278 Å². The van der Waals surface area contributed by atoms with Gasteiger partial charge in [0.05, 0.1) is 45.3 Å². The lowest BCUT2D eigenvalue weighted by atomic mass is 10.5. The molecule has 4 N–H and O–H groups in total. The monoisotopic (exact) mass is 746 g/mol. The van der Waals surface area contributed by atoms with E-state index >= 15 is 0 Å². The number of amides is 2. The van der Waals surface area contributed by atoms with Crippen molar-refractivity contribution in [3.63, 3.8) is 0 Å². The van der Waals surface area contributed by atoms with Crippen molar-refractivity contribution < 1.29 is 33.5 Å². The number of hydrogen-bond acceptors (Lipinski definition) is 17. The molecule has 0 saturated carbocycles. The maximum absolute atomic E-state index is 12.0. The molecular weight excluding hydrogens is 709 g/mol. The SMILES string of the molecule is O=C(C=NCCSCCNC(=O)SCSCS(=O)C=NCCSCCNC(=O)OCSCSCO)CSCSCO. The number of ketones is 1. The van der Waals surface area contributed by atoms with E-state index in [4.69, 9.17) is 14.9 Å². The highest BCUT2D eigenvalue weighted by atomic mass is 32.2. The van der Waals surface area contributed by atoms with Crippen LogP contribution >= 0.6 is 94.1 Å². The first-order chi connectivity index (χ1) is 20.0. The van der Waals surface area contributed by atoms with Gasteiger partial charge in [0.25, 0.3) is 5.24 Å². The van der Waals surface area contributed by atoms with Gasteiger partial charge in [0.1, 0.15) is 5.94 Å². The summed E-state index contributed by atoms with van der Waals surface area (Å²) in [5.41, 5.74) is 1.44. The lowest BCUT2D eigenvalue weighted by molar-refractivity contribution is -0.110. The van der Waals surface area contributed by atoms with Crippen molar-refractivity contribution in [2.24, 2.45) is 9.98 Å². The fourth-order valence-electron chi connectivity index (χ4n) is 2.04. The highest BCUT2D eigenvalue weighted by Gasteiger charge is 2.04. The van der Waals surface area contributed by atoms with Crippen LogP contribution in [0.3, 0.4) is 0 Å². The van der Waals surface area contributed by atoms with E-state index in [9.17, 15) is 18.6 Å². The minimum absolute atomic E-state index is 0.0321. The number of carbonyl (C=O) groups excluding carboxylic acids is 3. The molecule has 0 aliphatic carbocycles. The number of aliphatic hydroxyl groups is 2. The minimum Gasteiger partial charge on any atom is -0.438 e. The third-order valence-electron chi connectivity index (χ3n) is 3.69. The fourth-order valence-corrected chi connectivity index (χ4v) is 9.04. The van der Waals surface area contributed by atoms with Gasteiger partial charge in [-0.05, 0) is 0 Å². The maximum atomic E-state index is 12.0. The van der Waals surface area contributed by atoms with E-state index in [0.717, 1.165) is 34.8 Å². The van der Waals surface area contributed by atoms with E-state index in [1.165, 1.54) is 70.6 Å². The van der Waals surface area contributed by atoms with E-state index in [1.807, 2.05) is 0 Å². The van der Waals surface area contributed by atoms with Gasteiger partial charge in [0.2, 0.25) is 0 Å². The lowest BCUT2D eigenvalue weighted by Gasteiger charge is -2.06. The van der Waals surface area contributed by atoms with Gasteiger partial charge in [-0.1, -0.05) is 11.8 Å². The van der Waals surface area contributed by atoms with Gasteiger partial charge >= 0.3 is 6.09 Å². The Kier molecular flexibility index (Phi) is 34.0. The Morgan fingerprint density at radius 2 is 1.44 bits per heavy atom. The van der Waals surface area contributed by atoms with Crippen molar-refractivity contribution in [1.29, 1.82) is 0 Å². The lowest BCUT2D eigenvalue weighted by Crippen LogP contribution is -2.26. The number of carbonyl (C=O) groups is 3. The number of Topliss-reactive ketones (excluding diaryl/α,β-unsaturated/α-hetero) is 1. The highest BCUT2D eigenvalue weighted by molar-refractivity contribution is 8.27. The normalized spacial score (nSPS) is 12.1. The zero-order valence-electron chi connectivity index (χ0n) is 22.5. The standard InChI is InChI=1S/C21H38N4O7S9/c26-12-36-15-35-10-19(28)9-22-1-5-33-8-4-25-21(30)40-17-39-18-41(31)11-23-2-6-34-7-3-24-20(29)32-14-38-16-37-13-27/h9,11,26-27H,1-8,10,12-18H2,(H,24,29)(H,25,30). The molecule has 1 unspecified atom stereocenters. The summed E-state index contributed by atoms with van der Waals surface area (Å²) in [6, 6.07) is 0. The average molecular weight is 747 g/mol. The van der Waals surface area contributed by atoms with Gasteiger partial charge in [0, 0.05) is 64.4 Å². The van der Waals surface area contributed by atoms with E-state index in [0.29, 0.717) is 52.3 Å². The number of ether oxygens (including phenoxy) is 1. The van der Waals surface area contributed by atoms with Crippen molar-refractivity contribution in [1.82, 2.24) is 10.6 Å². The average Bonchev–Trinajstić information content (AvgIpc) is 2.96. The molecule has 0 aliphatic rings. The van der Waals surface area contributed by atoms with Crippen LogP contribution in [0.2, 0.25) is 0 Å². The number of alkyl carbamates (subject to hydrolysis) is 1. The van der Waals surface area contributed by atoms with Gasteiger partial charge in [-0.2, -0.15) is 23.5 Å². The van der Waals surface area contributed by atoms with Crippen LogP contribution in [-0.2, 0) is 20.3 Å². The van der Waals surface area contributed by atoms with Gasteiger partial charge < -0.3 is 25.6 Å². The summed E-state index contributed by atoms with van der Waals surface area (Å²) < 4.78 is 17.0. The quantitative estimate of drug-likeness (QED) is 0.0398. The maximum Gasteiger partial charge on any atom is 0.407 e. The summed E-state index contributed by atoms with van der Waals surface area (Å²) in [5.74, 6) is 3.68. The second kappa shape index (κ2) is 33.5. The van der Waals surface area contributed by atoms with Crippen LogP contribution in [0, 0.1) is 0 Å². The first kappa shape index (κ1) is 41.6. The van der Waals surface area contributed by atoms with Crippen LogP contribution in [-0.4, -0.2) is 136 Å². The molecule has 0 saturated heterocycles. The highest BCUT2D eigenvalue weighted by Crippen LogP contribution is 2.14. The molecular formula is C21H38N4O7S9. The molecule has 0 heterocycles. The molecule has 2 amide bonds. The van der Waals surface area contributed by atoms with Crippen LogP contribution in [0.1, 0.15) is 0 Å². The predicted molar refractivity (Wildman–Crippen MR) is 191 cm³/mol. The van der Waals surface area contributed by atoms with Gasteiger partial charge in [-0.25, -0.2) is 4.79 Å². The summed E-state index contributed by atoms with van der Waals surface area (Å²) >= 11 is 11.4. The van der Waals surface area contributed by atoms with Gasteiger partial charge in [0.15, 0.2) is 5.78 Å². The van der Waals surface area contributed by atoms with E-state index in [-0.39, 0.29) is 28.8 Å². The first-order valence-electron chi connectivity index (χ1n) is 12.0. The van der Waals surface area contributed by atoms with Crippen LogP contribution in [0.15, 0.2) is 9.98 Å². The van der Waals surface area contributed by atoms with Crippen molar-refractivity contribution in [2.45, 2.75) is 0 Å². The second-order valence-electron chi connectivity index (χ2n) is 6.85. The van der Waals surface area contributed by atoms with Crippen molar-refractivity contribution in [3.05, 3.63) is 0 Å². The summed E-state index contributed by atoms with van der Waals surface area (Å²) in [6.07, 6.45) is 0.900. The van der Waals surface area contributed by atoms with E-state index < -0.39 is 16.9 Å². The molecule has 238 valence electrons. The predicted octanol–water partition coefficient (Wildman–Crippen LogP) is 3.39. The third-order valence-corrected chi connectivity index (χ3v) is 13.0. The minimum atomic E-state index is -1.19. The van der Waals surface area contributed by atoms with Gasteiger partial charge in [-0.3, -0.25) is 23.8 Å². The Hall–Kier alpha value is 0.620. The fraction of sp³-hybridized carbons (Fsp3) is 0.762. The molecule has 0 radical (unpaired) electrons. The van der Waals surface area contributed by atoms with Crippen LogP contribution in [0.4, 0.5) is 9.59 Å². The zero-order chi connectivity index (χ0) is 30.2. The van der Waals surface area contributed by atoms with Crippen molar-refractivity contribution >= 4 is 134 Å². The number of aliphatic hydroxyl groups excluding tert-OH is 2. The summed E-state index contributed by atoms with van der Waals surface area (Å²) in [5, 5.41) is 24.9. The molecule has 0 rings (SSSR count). The Morgan fingerprint density at radius 1 is 0.780 bits per heavy atom. The summed E-state index contributed by atoms with van der Waals surface area (Å²) in [4.78, 5) is 43.2. The molecule has 11 nitrogen and oxygen atoms in total. The molecule has 20 heteroatoms. The molecule has 0 bridgehead atoms. The number of thioether (sulfide) groups is 8. The molecule has 0 aliphatic heterocycles. The van der Waals surface area contributed by atoms with Crippen LogP contribution in [0.25, 0.3) is 0 Å². The third kappa shape index (κ3) is 33.4. The number of nitrogens with zero attached hydrogens (tertiary/aromatic N) is 2. The Bertz CT molecular complexity index is 771. The van der Waals surface area contributed by atoms with Crippen LogP contribution < -0.4 is 10.6 Å². The van der Waals surface area contributed by atoms with Crippen molar-refractivity contribution in [3.8, 4) is 0 Å². The largest absolute Gasteiger partial charge is 0.438 e. The molecule has 41 heavy (non-hydrogen) atoms. The van der Waals surface area contributed by atoms with Crippen molar-refractivity contribution in [2.75, 3.05) is 93.1 Å². The topological polar surface area (TPSA) is 167 Å². The molecule has 0 spiro atoms. The first-order valence-corrected chi connectivity index (χ1v) is 22.4. The Morgan fingerprint density at radius 3 is 2.15 bits per heavy atom. The molecule has 1 atom stereocenters. The summed E-state index contributed by atoms with van der Waals surface area (Å²) in [7, 11) is -1.19. The van der Waals surface area contributed by atoms with E-state index in [1.54, 1.807) is 23.5 Å². The van der Waals surface area contributed by atoms with Gasteiger partial charge in [-0.15, -0.1) is 58.8 Å². The zero-order valence-corrected chi connectivity index (χ0v) is 29.8. The number of aliphatic imine (C=N–C) groups is 2. The Balaban J connectivity index is 3.52. The molecule has 0 aromatic rings. The molecule has 0 fully saturated rings. The number of nitrogens with one attached hydrogen (secondary N) is 2. The number of hydrogen-bond donors (Lipinski definition) is 4. The molecule has 0 aromatic carbocycles. The summed E-state index contributed by atoms with van der Waals surface area (Å²) in [6.45, 7) is 2.12. The smallest absolute Gasteiger partial charge is 0.407 e. The van der Waals surface area contributed by atoms with E-state index in [2.05, 4.69) is 20.6 Å². The van der Waals surface area contributed by atoms with Crippen LogP contribution in [0.5, 0.6) is 0 Å². The number of rotatable bonds is 28. The second-order valence-corrected chi connectivity index (χ2v) is 17.8.